The molecule has 0 fully saturated rings. The average molecular weight is 160 g/mol. The van der Waals surface area contributed by atoms with Gasteiger partial charge in [0.05, 0.1) is 0 Å². The predicted molar refractivity (Wildman–Crippen MR) is 50.2 cm³/mol. The molecule has 12 heavy (non-hydrogen) atoms. The third-order valence-corrected chi connectivity index (χ3v) is 2.24. The molecule has 0 saturated heterocycles. The Morgan fingerprint density at radius 2 is 2.00 bits per heavy atom. The molecule has 0 N–H and O–H groups in total. The van der Waals surface area contributed by atoms with Gasteiger partial charge in [-0.1, -0.05) is 0 Å². The number of pyridine rings is 1. The number of aryl methyl sites for hydroxylation is 3. The Morgan fingerprint density at radius 1 is 1.25 bits per heavy atom. The summed E-state index contributed by atoms with van der Waals surface area (Å²) in [7, 11) is 2.04. The lowest BCUT2D eigenvalue weighted by Gasteiger charge is -1.97. The molecule has 2 heterocycles. The second-order valence-corrected chi connectivity index (χ2v) is 3.27. The van der Waals surface area contributed by atoms with Crippen LogP contribution in [-0.4, -0.2) is 9.55 Å². The van der Waals surface area contributed by atoms with Crippen molar-refractivity contribution in [2.45, 2.75) is 13.8 Å². The largest absolute Gasteiger partial charge is 0.333 e. The smallest absolute Gasteiger partial charge is 0.139 e. The molecule has 2 nitrogen and oxygen atoms in total. The molecule has 0 amide bonds. The number of hydrogen-bond acceptors (Lipinski definition) is 1. The number of nitrogens with zero attached hydrogens (tertiary/aromatic N) is 2. The maximum Gasteiger partial charge on any atom is 0.139 e. The maximum absolute atomic E-state index is 4.36. The molecular formula is C10H12N2. The van der Waals surface area contributed by atoms with Crippen molar-refractivity contribution < 1.29 is 0 Å². The first-order chi connectivity index (χ1) is 5.68. The van der Waals surface area contributed by atoms with Crippen molar-refractivity contribution in [2.75, 3.05) is 0 Å². The van der Waals surface area contributed by atoms with Crippen molar-refractivity contribution >= 4 is 11.0 Å². The number of fused-ring (bicyclic) bond motifs is 1. The Labute approximate surface area is 71.8 Å². The van der Waals surface area contributed by atoms with E-state index in [4.69, 9.17) is 0 Å². The van der Waals surface area contributed by atoms with Gasteiger partial charge in [-0.05, 0) is 31.5 Å². The van der Waals surface area contributed by atoms with Crippen LogP contribution in [-0.2, 0) is 7.05 Å². The summed E-state index contributed by atoms with van der Waals surface area (Å²) in [6.07, 6.45) is 1.90. The molecule has 0 saturated carbocycles. The Hall–Kier alpha value is -1.31. The van der Waals surface area contributed by atoms with E-state index in [1.165, 1.54) is 16.6 Å². The molecule has 0 unspecified atom stereocenters. The van der Waals surface area contributed by atoms with E-state index in [9.17, 15) is 0 Å². The topological polar surface area (TPSA) is 17.8 Å². The maximum atomic E-state index is 4.36. The van der Waals surface area contributed by atoms with Crippen LogP contribution < -0.4 is 0 Å². The fraction of sp³-hybridized carbons (Fsp3) is 0.300. The lowest BCUT2D eigenvalue weighted by Crippen LogP contribution is -1.91. The molecule has 2 aromatic rings. The Morgan fingerprint density at radius 3 is 2.75 bits per heavy atom. The van der Waals surface area contributed by atoms with Gasteiger partial charge in [0, 0.05) is 24.3 Å². The Balaban J connectivity index is 2.87. The zero-order chi connectivity index (χ0) is 8.72. The molecule has 2 heteroatoms. The van der Waals surface area contributed by atoms with Gasteiger partial charge in [-0.3, -0.25) is 0 Å². The van der Waals surface area contributed by atoms with Gasteiger partial charge in [-0.2, -0.15) is 0 Å². The summed E-state index contributed by atoms with van der Waals surface area (Å²) in [5, 5.41) is 1.23. The zero-order valence-electron chi connectivity index (χ0n) is 7.63. The molecule has 2 rings (SSSR count). The highest BCUT2D eigenvalue weighted by Crippen LogP contribution is 2.16. The summed E-state index contributed by atoms with van der Waals surface area (Å²) in [6.45, 7) is 4.16. The van der Waals surface area contributed by atoms with E-state index in [0.717, 1.165) is 5.65 Å². The van der Waals surface area contributed by atoms with Gasteiger partial charge in [0.25, 0.3) is 0 Å². The fourth-order valence-electron chi connectivity index (χ4n) is 1.46. The highest BCUT2D eigenvalue weighted by atomic mass is 15.0. The van der Waals surface area contributed by atoms with Crippen LogP contribution in [0.1, 0.15) is 11.3 Å². The van der Waals surface area contributed by atoms with E-state index in [2.05, 4.69) is 35.5 Å². The molecule has 62 valence electrons. The van der Waals surface area contributed by atoms with Crippen molar-refractivity contribution in [1.82, 2.24) is 9.55 Å². The van der Waals surface area contributed by atoms with Crippen LogP contribution in [0.3, 0.4) is 0 Å². The van der Waals surface area contributed by atoms with Crippen LogP contribution in [0, 0.1) is 13.8 Å². The van der Waals surface area contributed by atoms with Crippen molar-refractivity contribution in [3.63, 3.8) is 0 Å². The van der Waals surface area contributed by atoms with Gasteiger partial charge < -0.3 is 4.57 Å². The number of rotatable bonds is 0. The summed E-state index contributed by atoms with van der Waals surface area (Å²) in [5.41, 5.74) is 3.54. The van der Waals surface area contributed by atoms with Crippen LogP contribution >= 0.6 is 0 Å². The second-order valence-electron chi connectivity index (χ2n) is 3.27. The van der Waals surface area contributed by atoms with Crippen LogP contribution in [0.5, 0.6) is 0 Å². The van der Waals surface area contributed by atoms with Gasteiger partial charge in [0.2, 0.25) is 0 Å². The Bertz CT molecular complexity index is 427. The van der Waals surface area contributed by atoms with Crippen LogP contribution in [0.4, 0.5) is 0 Å². The SMILES string of the molecule is Cc1cnc2c(c1)cc(C)n2C. The van der Waals surface area contributed by atoms with Crippen molar-refractivity contribution in [3.8, 4) is 0 Å². The Kier molecular flexibility index (Phi) is 1.43. The second kappa shape index (κ2) is 2.34. The zero-order valence-corrected chi connectivity index (χ0v) is 7.63. The number of aromatic nitrogens is 2. The van der Waals surface area contributed by atoms with Gasteiger partial charge in [0.1, 0.15) is 5.65 Å². The van der Waals surface area contributed by atoms with Crippen molar-refractivity contribution in [3.05, 3.63) is 29.6 Å². The molecule has 0 aliphatic carbocycles. The fourth-order valence-corrected chi connectivity index (χ4v) is 1.46. The molecule has 0 aliphatic heterocycles. The van der Waals surface area contributed by atoms with E-state index in [-0.39, 0.29) is 0 Å². The summed E-state index contributed by atoms with van der Waals surface area (Å²) < 4.78 is 2.11. The van der Waals surface area contributed by atoms with Crippen LogP contribution in [0.2, 0.25) is 0 Å². The van der Waals surface area contributed by atoms with E-state index in [0.29, 0.717) is 0 Å². The molecule has 0 aromatic carbocycles. The normalized spacial score (nSPS) is 10.9. The summed E-state index contributed by atoms with van der Waals surface area (Å²) >= 11 is 0. The molecule has 2 aromatic heterocycles. The van der Waals surface area contributed by atoms with E-state index in [1.54, 1.807) is 0 Å². The van der Waals surface area contributed by atoms with Crippen LogP contribution in [0.25, 0.3) is 11.0 Å². The summed E-state index contributed by atoms with van der Waals surface area (Å²) in [6, 6.07) is 4.32. The summed E-state index contributed by atoms with van der Waals surface area (Å²) in [4.78, 5) is 4.36. The molecule has 0 spiro atoms. The lowest BCUT2D eigenvalue weighted by atomic mass is 10.2. The molecule has 0 aliphatic rings. The first kappa shape index (κ1) is 7.35. The van der Waals surface area contributed by atoms with E-state index < -0.39 is 0 Å². The molecule has 0 radical (unpaired) electrons. The first-order valence-corrected chi connectivity index (χ1v) is 4.07. The third kappa shape index (κ3) is 0.916. The van der Waals surface area contributed by atoms with Crippen molar-refractivity contribution in [2.24, 2.45) is 7.05 Å². The number of hydrogen-bond donors (Lipinski definition) is 0. The van der Waals surface area contributed by atoms with Gasteiger partial charge >= 0.3 is 0 Å². The monoisotopic (exact) mass is 160 g/mol. The molecule has 0 bridgehead atoms. The highest BCUT2D eigenvalue weighted by Gasteiger charge is 2.01. The highest BCUT2D eigenvalue weighted by molar-refractivity contribution is 5.77. The average Bonchev–Trinajstić information content (AvgIpc) is 2.28. The third-order valence-electron chi connectivity index (χ3n) is 2.24. The molecular weight excluding hydrogens is 148 g/mol. The minimum absolute atomic E-state index is 1.07. The van der Waals surface area contributed by atoms with Crippen LogP contribution in [0.15, 0.2) is 18.3 Å². The molecule has 0 atom stereocenters. The van der Waals surface area contributed by atoms with Gasteiger partial charge in [-0.25, -0.2) is 4.98 Å². The quantitative estimate of drug-likeness (QED) is 0.577. The summed E-state index contributed by atoms with van der Waals surface area (Å²) in [5.74, 6) is 0. The lowest BCUT2D eigenvalue weighted by molar-refractivity contribution is 0.901. The minimum atomic E-state index is 1.07. The van der Waals surface area contributed by atoms with Gasteiger partial charge in [0.15, 0.2) is 0 Å². The first-order valence-electron chi connectivity index (χ1n) is 4.07. The van der Waals surface area contributed by atoms with Gasteiger partial charge in [-0.15, -0.1) is 0 Å². The standard InChI is InChI=1S/C10H12N2/c1-7-4-9-5-8(2)12(3)10(9)11-6-7/h4-6H,1-3H3. The minimum Gasteiger partial charge on any atom is -0.333 e. The van der Waals surface area contributed by atoms with E-state index >= 15 is 0 Å². The van der Waals surface area contributed by atoms with E-state index in [1.807, 2.05) is 13.2 Å². The van der Waals surface area contributed by atoms with Crippen molar-refractivity contribution in [1.29, 1.82) is 0 Å². The predicted octanol–water partition coefficient (Wildman–Crippen LogP) is 2.19.